The van der Waals surface area contributed by atoms with Crippen LogP contribution in [0.3, 0.4) is 0 Å². The minimum Gasteiger partial charge on any atom is -0.481 e. The zero-order chi connectivity index (χ0) is 15.4. The average molecular weight is 339 g/mol. The van der Waals surface area contributed by atoms with Crippen LogP contribution in [0.25, 0.3) is 11.4 Å². The van der Waals surface area contributed by atoms with Crippen LogP contribution in [-0.4, -0.2) is 28.8 Å². The quantitative estimate of drug-likeness (QED) is 0.901. The highest BCUT2D eigenvalue weighted by Gasteiger charge is 2.33. The lowest BCUT2D eigenvalue weighted by Crippen LogP contribution is -2.35. The van der Waals surface area contributed by atoms with Gasteiger partial charge in [-0.2, -0.15) is 4.98 Å². The zero-order valence-electron chi connectivity index (χ0n) is 13.3. The maximum atomic E-state index is 6.02. The molecule has 2 aromatic rings. The van der Waals surface area contributed by atoms with Crippen molar-refractivity contribution in [1.29, 1.82) is 0 Å². The summed E-state index contributed by atoms with van der Waals surface area (Å²) >= 11 is 0. The van der Waals surface area contributed by atoms with Gasteiger partial charge in [0.15, 0.2) is 0 Å². The third kappa shape index (κ3) is 4.00. The fraction of sp³-hybridized carbons (Fsp3) is 0.562. The van der Waals surface area contributed by atoms with E-state index >= 15 is 0 Å². The van der Waals surface area contributed by atoms with Crippen LogP contribution in [-0.2, 0) is 6.42 Å². The van der Waals surface area contributed by atoms with E-state index in [2.05, 4.69) is 15.1 Å². The van der Waals surface area contributed by atoms with Crippen molar-refractivity contribution in [2.45, 2.75) is 38.5 Å². The molecular formula is C16H23ClN4O2. The molecule has 0 bridgehead atoms. The molecule has 1 saturated carbocycles. The van der Waals surface area contributed by atoms with Gasteiger partial charge in [-0.3, -0.25) is 0 Å². The van der Waals surface area contributed by atoms with Crippen molar-refractivity contribution in [3.8, 4) is 17.3 Å². The van der Waals surface area contributed by atoms with Crippen LogP contribution in [0.15, 0.2) is 22.9 Å². The predicted molar refractivity (Wildman–Crippen MR) is 89.6 cm³/mol. The van der Waals surface area contributed by atoms with E-state index in [1.807, 2.05) is 6.07 Å². The van der Waals surface area contributed by atoms with Gasteiger partial charge in [0, 0.05) is 24.2 Å². The summed E-state index contributed by atoms with van der Waals surface area (Å²) in [5.74, 6) is 1.79. The number of halogens is 1. The van der Waals surface area contributed by atoms with E-state index in [0.717, 1.165) is 24.8 Å². The molecule has 7 heteroatoms. The van der Waals surface area contributed by atoms with Crippen LogP contribution in [0.4, 0.5) is 0 Å². The molecule has 0 aliphatic heterocycles. The van der Waals surface area contributed by atoms with Crippen molar-refractivity contribution < 1.29 is 9.26 Å². The smallest absolute Gasteiger partial charge is 0.227 e. The van der Waals surface area contributed by atoms with Gasteiger partial charge in [-0.25, -0.2) is 4.98 Å². The molecule has 0 aromatic carbocycles. The molecule has 1 aliphatic carbocycles. The van der Waals surface area contributed by atoms with Crippen LogP contribution in [0.2, 0.25) is 0 Å². The van der Waals surface area contributed by atoms with E-state index in [0.29, 0.717) is 24.1 Å². The first-order valence-electron chi connectivity index (χ1n) is 7.78. The first kappa shape index (κ1) is 17.7. The Balaban J connectivity index is 0.00000192. The van der Waals surface area contributed by atoms with Crippen molar-refractivity contribution in [3.63, 3.8) is 0 Å². The van der Waals surface area contributed by atoms with Gasteiger partial charge in [0.1, 0.15) is 0 Å². The lowest BCUT2D eigenvalue weighted by molar-refractivity contribution is 0.177. The topological polar surface area (TPSA) is 87.1 Å². The minimum atomic E-state index is 0. The van der Waals surface area contributed by atoms with E-state index in [1.165, 1.54) is 19.3 Å². The third-order valence-electron chi connectivity index (χ3n) is 4.55. The number of nitrogens with zero attached hydrogens (tertiary/aromatic N) is 3. The molecule has 2 heterocycles. The zero-order valence-corrected chi connectivity index (χ0v) is 14.1. The van der Waals surface area contributed by atoms with Crippen LogP contribution in [0.1, 0.15) is 38.0 Å². The summed E-state index contributed by atoms with van der Waals surface area (Å²) in [4.78, 5) is 8.67. The number of hydrogen-bond acceptors (Lipinski definition) is 6. The van der Waals surface area contributed by atoms with Crippen LogP contribution >= 0.6 is 12.4 Å². The molecule has 6 nitrogen and oxygen atoms in total. The van der Waals surface area contributed by atoms with E-state index in [9.17, 15) is 0 Å². The number of pyridine rings is 1. The Morgan fingerprint density at radius 3 is 2.65 bits per heavy atom. The van der Waals surface area contributed by atoms with E-state index < -0.39 is 0 Å². The number of aromatic nitrogens is 3. The van der Waals surface area contributed by atoms with Crippen molar-refractivity contribution in [1.82, 2.24) is 15.1 Å². The summed E-state index contributed by atoms with van der Waals surface area (Å²) in [6, 6.07) is 3.66. The molecular weight excluding hydrogens is 316 g/mol. The summed E-state index contributed by atoms with van der Waals surface area (Å²) in [6.07, 6.45) is 8.51. The molecule has 3 rings (SSSR count). The summed E-state index contributed by atoms with van der Waals surface area (Å²) in [5.41, 5.74) is 6.97. The van der Waals surface area contributed by atoms with Crippen LogP contribution < -0.4 is 10.5 Å². The fourth-order valence-electron chi connectivity index (χ4n) is 3.15. The van der Waals surface area contributed by atoms with Crippen molar-refractivity contribution >= 4 is 12.4 Å². The molecule has 0 atom stereocenters. The summed E-state index contributed by atoms with van der Waals surface area (Å²) in [6.45, 7) is 0.675. The highest BCUT2D eigenvalue weighted by molar-refractivity contribution is 5.85. The Morgan fingerprint density at radius 2 is 2.04 bits per heavy atom. The second-order valence-corrected chi connectivity index (χ2v) is 6.04. The first-order chi connectivity index (χ1) is 10.7. The summed E-state index contributed by atoms with van der Waals surface area (Å²) in [5, 5.41) is 4.07. The van der Waals surface area contributed by atoms with Gasteiger partial charge in [-0.05, 0) is 30.9 Å². The molecule has 2 N–H and O–H groups in total. The molecule has 23 heavy (non-hydrogen) atoms. The second-order valence-electron chi connectivity index (χ2n) is 6.04. The average Bonchev–Trinajstić information content (AvgIpc) is 3.04. The van der Waals surface area contributed by atoms with Crippen molar-refractivity contribution in [2.75, 3.05) is 13.7 Å². The molecule has 0 radical (unpaired) electrons. The molecule has 1 fully saturated rings. The lowest BCUT2D eigenvalue weighted by Gasteiger charge is -2.34. The predicted octanol–water partition coefficient (Wildman–Crippen LogP) is 3.01. The third-order valence-corrected chi connectivity index (χ3v) is 4.55. The van der Waals surface area contributed by atoms with Gasteiger partial charge in [0.2, 0.25) is 17.6 Å². The van der Waals surface area contributed by atoms with E-state index in [-0.39, 0.29) is 17.8 Å². The van der Waals surface area contributed by atoms with Gasteiger partial charge in [-0.15, -0.1) is 12.4 Å². The standard InChI is InChI=1S/C16H22N4O2.ClH/c1-21-13-6-5-12(10-18-13)15-19-14(22-20-15)9-16(11-17)7-3-2-4-8-16;/h5-6,10H,2-4,7-9,11,17H2,1H3;1H. The largest absolute Gasteiger partial charge is 0.481 e. The molecule has 0 amide bonds. The fourth-order valence-corrected chi connectivity index (χ4v) is 3.15. The molecule has 0 spiro atoms. The van der Waals surface area contributed by atoms with E-state index in [4.69, 9.17) is 15.0 Å². The van der Waals surface area contributed by atoms with Crippen LogP contribution in [0, 0.1) is 5.41 Å². The Morgan fingerprint density at radius 1 is 1.26 bits per heavy atom. The Hall–Kier alpha value is -1.66. The minimum absolute atomic E-state index is 0. The van der Waals surface area contributed by atoms with Gasteiger partial charge in [-0.1, -0.05) is 24.4 Å². The van der Waals surface area contributed by atoms with Crippen molar-refractivity contribution in [2.24, 2.45) is 11.1 Å². The van der Waals surface area contributed by atoms with Gasteiger partial charge in [0.05, 0.1) is 7.11 Å². The normalized spacial score (nSPS) is 16.6. The highest BCUT2D eigenvalue weighted by atomic mass is 35.5. The van der Waals surface area contributed by atoms with Gasteiger partial charge >= 0.3 is 0 Å². The summed E-state index contributed by atoms with van der Waals surface area (Å²) < 4.78 is 10.5. The molecule has 2 aromatic heterocycles. The van der Waals surface area contributed by atoms with Crippen molar-refractivity contribution in [3.05, 3.63) is 24.2 Å². The van der Waals surface area contributed by atoms with Crippen LogP contribution in [0.5, 0.6) is 5.88 Å². The molecule has 0 unspecified atom stereocenters. The van der Waals surface area contributed by atoms with Gasteiger partial charge in [0.25, 0.3) is 0 Å². The SMILES string of the molecule is COc1ccc(-c2noc(CC3(CN)CCCCC3)n2)cn1.Cl. The molecule has 1 aliphatic rings. The lowest BCUT2D eigenvalue weighted by atomic mass is 9.72. The number of nitrogens with two attached hydrogens (primary N) is 1. The molecule has 126 valence electrons. The number of methoxy groups -OCH3 is 1. The maximum Gasteiger partial charge on any atom is 0.227 e. The Kier molecular flexibility index (Phi) is 5.96. The monoisotopic (exact) mass is 338 g/mol. The van der Waals surface area contributed by atoms with Gasteiger partial charge < -0.3 is 15.0 Å². The maximum absolute atomic E-state index is 6.02. The highest BCUT2D eigenvalue weighted by Crippen LogP contribution is 2.38. The molecule has 0 saturated heterocycles. The Labute approximate surface area is 142 Å². The summed E-state index contributed by atoms with van der Waals surface area (Å²) in [7, 11) is 1.59. The van der Waals surface area contributed by atoms with E-state index in [1.54, 1.807) is 19.4 Å². The number of rotatable bonds is 5. The number of hydrogen-bond donors (Lipinski definition) is 1. The number of ether oxygens (including phenoxy) is 1. The first-order valence-corrected chi connectivity index (χ1v) is 7.78. The second kappa shape index (κ2) is 7.75. The Bertz CT molecular complexity index is 609.